The molecule has 98 valence electrons. The highest BCUT2D eigenvalue weighted by molar-refractivity contribution is 5.24. The first kappa shape index (κ1) is 12.1. The van der Waals surface area contributed by atoms with Crippen molar-refractivity contribution in [3.63, 3.8) is 0 Å². The summed E-state index contributed by atoms with van der Waals surface area (Å²) in [6, 6.07) is 6.16. The number of aryl methyl sites for hydroxylation is 1. The zero-order chi connectivity index (χ0) is 12.5. The summed E-state index contributed by atoms with van der Waals surface area (Å²) < 4.78 is 13.2. The molecule has 2 unspecified atom stereocenters. The average Bonchev–Trinajstić information content (AvgIpc) is 2.76. The standard InChI is InChI=1S/C15H21FN2/c1-11-7-12(4-5-14(11)16)8-18-9-13-3-2-6-17-15(13)10-18/h4-5,7,13,15,17H,2-3,6,8-10H2,1H3. The van der Waals surface area contributed by atoms with E-state index in [1.54, 1.807) is 6.07 Å². The molecule has 2 saturated heterocycles. The SMILES string of the molecule is Cc1cc(CN2CC3CCCNC3C2)ccc1F. The topological polar surface area (TPSA) is 15.3 Å². The van der Waals surface area contributed by atoms with Crippen molar-refractivity contribution in [3.05, 3.63) is 35.1 Å². The number of nitrogens with one attached hydrogen (secondary N) is 1. The van der Waals surface area contributed by atoms with Crippen molar-refractivity contribution in [3.8, 4) is 0 Å². The fourth-order valence-corrected chi connectivity index (χ4v) is 3.33. The Morgan fingerprint density at radius 1 is 1.39 bits per heavy atom. The van der Waals surface area contributed by atoms with Crippen LogP contribution in [0.1, 0.15) is 24.0 Å². The van der Waals surface area contributed by atoms with Crippen LogP contribution in [0.25, 0.3) is 0 Å². The number of hydrogen-bond donors (Lipinski definition) is 1. The molecule has 2 nitrogen and oxygen atoms in total. The zero-order valence-corrected chi connectivity index (χ0v) is 11.0. The minimum atomic E-state index is -0.101. The second-order valence-corrected chi connectivity index (χ2v) is 5.74. The first-order valence-electron chi connectivity index (χ1n) is 6.93. The van der Waals surface area contributed by atoms with Crippen LogP contribution in [0.2, 0.25) is 0 Å². The molecule has 2 aliphatic rings. The molecule has 0 saturated carbocycles. The lowest BCUT2D eigenvalue weighted by Gasteiger charge is -2.24. The van der Waals surface area contributed by atoms with Crippen LogP contribution in [0.5, 0.6) is 0 Å². The van der Waals surface area contributed by atoms with Gasteiger partial charge in [0.05, 0.1) is 0 Å². The number of benzene rings is 1. The first-order valence-corrected chi connectivity index (χ1v) is 6.93. The van der Waals surface area contributed by atoms with Gasteiger partial charge in [0.1, 0.15) is 5.82 Å². The van der Waals surface area contributed by atoms with Gasteiger partial charge in [-0.25, -0.2) is 4.39 Å². The molecule has 18 heavy (non-hydrogen) atoms. The van der Waals surface area contributed by atoms with Crippen LogP contribution < -0.4 is 5.32 Å². The number of halogens is 1. The highest BCUT2D eigenvalue weighted by atomic mass is 19.1. The molecule has 3 rings (SSSR count). The summed E-state index contributed by atoms with van der Waals surface area (Å²) in [7, 11) is 0. The van der Waals surface area contributed by atoms with Crippen molar-refractivity contribution in [2.75, 3.05) is 19.6 Å². The summed E-state index contributed by atoms with van der Waals surface area (Å²) in [6.45, 7) is 6.29. The van der Waals surface area contributed by atoms with Gasteiger partial charge in [-0.3, -0.25) is 4.90 Å². The molecule has 1 aromatic carbocycles. The summed E-state index contributed by atoms with van der Waals surface area (Å²) in [5.74, 6) is 0.718. The van der Waals surface area contributed by atoms with Crippen molar-refractivity contribution < 1.29 is 4.39 Å². The van der Waals surface area contributed by atoms with Gasteiger partial charge < -0.3 is 5.32 Å². The van der Waals surface area contributed by atoms with E-state index >= 15 is 0 Å². The Labute approximate surface area is 108 Å². The van der Waals surface area contributed by atoms with Gasteiger partial charge in [0, 0.05) is 25.7 Å². The summed E-state index contributed by atoms with van der Waals surface area (Å²) in [5.41, 5.74) is 1.98. The third-order valence-electron chi connectivity index (χ3n) is 4.30. The Morgan fingerprint density at radius 3 is 3.06 bits per heavy atom. The number of rotatable bonds is 2. The molecule has 0 radical (unpaired) electrons. The van der Waals surface area contributed by atoms with E-state index in [4.69, 9.17) is 0 Å². The number of likely N-dealkylation sites (tertiary alicyclic amines) is 1. The molecule has 2 heterocycles. The molecule has 1 N–H and O–H groups in total. The van der Waals surface area contributed by atoms with E-state index in [-0.39, 0.29) is 5.82 Å². The second kappa shape index (κ2) is 4.98. The number of piperidine rings is 1. The molecule has 0 amide bonds. The molecule has 1 aromatic rings. The van der Waals surface area contributed by atoms with Crippen LogP contribution in [-0.4, -0.2) is 30.6 Å². The van der Waals surface area contributed by atoms with E-state index in [1.165, 1.54) is 31.5 Å². The molecule has 0 bridgehead atoms. The lowest BCUT2D eigenvalue weighted by atomic mass is 9.94. The Kier molecular flexibility index (Phi) is 3.35. The van der Waals surface area contributed by atoms with E-state index in [1.807, 2.05) is 19.1 Å². The number of nitrogens with zero attached hydrogens (tertiary/aromatic N) is 1. The van der Waals surface area contributed by atoms with Crippen LogP contribution in [0.4, 0.5) is 4.39 Å². The molecular weight excluding hydrogens is 227 g/mol. The van der Waals surface area contributed by atoms with Crippen molar-refractivity contribution >= 4 is 0 Å². The van der Waals surface area contributed by atoms with Gasteiger partial charge in [-0.15, -0.1) is 0 Å². The predicted molar refractivity (Wildman–Crippen MR) is 70.9 cm³/mol. The Balaban J connectivity index is 1.64. The molecule has 3 heteroatoms. The highest BCUT2D eigenvalue weighted by Gasteiger charge is 2.33. The fraction of sp³-hybridized carbons (Fsp3) is 0.600. The minimum Gasteiger partial charge on any atom is -0.312 e. The fourth-order valence-electron chi connectivity index (χ4n) is 3.33. The average molecular weight is 248 g/mol. The van der Waals surface area contributed by atoms with Crippen LogP contribution >= 0.6 is 0 Å². The molecule has 2 aliphatic heterocycles. The maximum atomic E-state index is 13.2. The van der Waals surface area contributed by atoms with Crippen LogP contribution in [0.3, 0.4) is 0 Å². The molecule has 2 fully saturated rings. The monoisotopic (exact) mass is 248 g/mol. The van der Waals surface area contributed by atoms with E-state index in [0.717, 1.165) is 24.6 Å². The zero-order valence-electron chi connectivity index (χ0n) is 11.0. The Hall–Kier alpha value is -0.930. The molecule has 0 aromatic heterocycles. The molecular formula is C15H21FN2. The quantitative estimate of drug-likeness (QED) is 0.864. The van der Waals surface area contributed by atoms with Crippen LogP contribution in [0, 0.1) is 18.7 Å². The van der Waals surface area contributed by atoms with E-state index < -0.39 is 0 Å². The summed E-state index contributed by atoms with van der Waals surface area (Å²) in [6.07, 6.45) is 2.67. The third kappa shape index (κ3) is 2.43. The second-order valence-electron chi connectivity index (χ2n) is 5.74. The maximum Gasteiger partial charge on any atom is 0.126 e. The smallest absolute Gasteiger partial charge is 0.126 e. The van der Waals surface area contributed by atoms with Gasteiger partial charge in [0.25, 0.3) is 0 Å². The van der Waals surface area contributed by atoms with Crippen molar-refractivity contribution in [2.45, 2.75) is 32.4 Å². The maximum absolute atomic E-state index is 13.2. The van der Waals surface area contributed by atoms with Crippen molar-refractivity contribution in [1.82, 2.24) is 10.2 Å². The largest absolute Gasteiger partial charge is 0.312 e. The molecule has 0 aliphatic carbocycles. The van der Waals surface area contributed by atoms with Gasteiger partial charge in [-0.05, 0) is 49.4 Å². The van der Waals surface area contributed by atoms with Crippen LogP contribution in [0.15, 0.2) is 18.2 Å². The van der Waals surface area contributed by atoms with Gasteiger partial charge in [0.2, 0.25) is 0 Å². The van der Waals surface area contributed by atoms with Crippen molar-refractivity contribution in [1.29, 1.82) is 0 Å². The Morgan fingerprint density at radius 2 is 2.28 bits per heavy atom. The van der Waals surface area contributed by atoms with Gasteiger partial charge in [-0.2, -0.15) is 0 Å². The number of hydrogen-bond acceptors (Lipinski definition) is 2. The van der Waals surface area contributed by atoms with E-state index in [0.29, 0.717) is 6.04 Å². The first-order chi connectivity index (χ1) is 8.72. The van der Waals surface area contributed by atoms with Gasteiger partial charge >= 0.3 is 0 Å². The molecule has 0 spiro atoms. The van der Waals surface area contributed by atoms with Gasteiger partial charge in [0.15, 0.2) is 0 Å². The highest BCUT2D eigenvalue weighted by Crippen LogP contribution is 2.26. The summed E-state index contributed by atoms with van der Waals surface area (Å²) in [4.78, 5) is 2.50. The minimum absolute atomic E-state index is 0.101. The lowest BCUT2D eigenvalue weighted by molar-refractivity contribution is 0.312. The predicted octanol–water partition coefficient (Wildman–Crippen LogP) is 2.32. The lowest BCUT2D eigenvalue weighted by Crippen LogP contribution is -2.40. The number of fused-ring (bicyclic) bond motifs is 1. The summed E-state index contributed by atoms with van der Waals surface area (Å²) in [5, 5.41) is 3.62. The molecule has 2 atom stereocenters. The normalized spacial score (nSPS) is 28.3. The van der Waals surface area contributed by atoms with Crippen LogP contribution in [-0.2, 0) is 6.54 Å². The Bertz CT molecular complexity index is 419. The van der Waals surface area contributed by atoms with Crippen molar-refractivity contribution in [2.24, 2.45) is 5.92 Å². The summed E-state index contributed by atoms with van der Waals surface area (Å²) >= 11 is 0. The van der Waals surface area contributed by atoms with E-state index in [9.17, 15) is 4.39 Å². The third-order valence-corrected chi connectivity index (χ3v) is 4.30. The van der Waals surface area contributed by atoms with Gasteiger partial charge in [-0.1, -0.05) is 12.1 Å². The van der Waals surface area contributed by atoms with E-state index in [2.05, 4.69) is 10.2 Å².